The van der Waals surface area contributed by atoms with E-state index in [2.05, 4.69) is 25.2 Å². The molecule has 1 amide bonds. The number of piperazine rings is 1. The average molecular weight is 400 g/mol. The van der Waals surface area contributed by atoms with Gasteiger partial charge in [0.1, 0.15) is 18.4 Å². The Kier molecular flexibility index (Phi) is 5.34. The number of nitrogens with zero attached hydrogens (tertiary/aromatic N) is 7. The highest BCUT2D eigenvalue weighted by atomic mass is 35.5. The number of rotatable bonds is 5. The van der Waals surface area contributed by atoms with Gasteiger partial charge in [0.05, 0.1) is 5.02 Å². The molecule has 0 N–H and O–H groups in total. The second kappa shape index (κ2) is 8.22. The van der Waals surface area contributed by atoms with E-state index in [-0.39, 0.29) is 12.5 Å². The van der Waals surface area contributed by atoms with Crippen LogP contribution in [0.25, 0.3) is 5.82 Å². The molecule has 10 heteroatoms. The van der Waals surface area contributed by atoms with Crippen molar-refractivity contribution in [1.29, 1.82) is 0 Å². The van der Waals surface area contributed by atoms with Gasteiger partial charge in [-0.25, -0.2) is 9.67 Å². The van der Waals surface area contributed by atoms with Gasteiger partial charge in [0.2, 0.25) is 0 Å². The lowest BCUT2D eigenvalue weighted by atomic mass is 10.3. The maximum Gasteiger partial charge on any atom is 0.260 e. The fourth-order valence-electron chi connectivity index (χ4n) is 2.91. The molecule has 9 nitrogen and oxygen atoms in total. The number of hydrogen-bond acceptors (Lipinski definition) is 7. The van der Waals surface area contributed by atoms with E-state index >= 15 is 0 Å². The van der Waals surface area contributed by atoms with Crippen molar-refractivity contribution < 1.29 is 9.53 Å². The summed E-state index contributed by atoms with van der Waals surface area (Å²) in [7, 11) is 0. The molecule has 0 atom stereocenters. The van der Waals surface area contributed by atoms with Crippen LogP contribution in [-0.4, -0.2) is 68.6 Å². The van der Waals surface area contributed by atoms with Crippen molar-refractivity contribution in [3.8, 4) is 11.6 Å². The van der Waals surface area contributed by atoms with Gasteiger partial charge in [-0.3, -0.25) is 4.79 Å². The van der Waals surface area contributed by atoms with Crippen LogP contribution in [0.2, 0.25) is 5.02 Å². The number of hydrogen-bond donors (Lipinski definition) is 0. The van der Waals surface area contributed by atoms with Gasteiger partial charge in [-0.05, 0) is 24.3 Å². The number of carbonyl (C=O) groups excluding carboxylic acids is 1. The summed E-state index contributed by atoms with van der Waals surface area (Å²) in [6, 6.07) is 10.8. The van der Waals surface area contributed by atoms with E-state index in [1.807, 2.05) is 24.3 Å². The summed E-state index contributed by atoms with van der Waals surface area (Å²) in [6.45, 7) is 2.51. The monoisotopic (exact) mass is 399 g/mol. The molecule has 1 aliphatic rings. The molecule has 0 unspecified atom stereocenters. The molecule has 2 aromatic heterocycles. The Hall–Kier alpha value is -3.20. The maximum atomic E-state index is 12.4. The predicted octanol–water partition coefficient (Wildman–Crippen LogP) is 1.44. The highest BCUT2D eigenvalue weighted by molar-refractivity contribution is 6.32. The van der Waals surface area contributed by atoms with Crippen molar-refractivity contribution in [2.45, 2.75) is 0 Å². The van der Waals surface area contributed by atoms with Crippen LogP contribution in [0.1, 0.15) is 0 Å². The molecule has 3 heterocycles. The molecule has 0 radical (unpaired) electrons. The van der Waals surface area contributed by atoms with Crippen molar-refractivity contribution in [1.82, 2.24) is 29.9 Å². The zero-order valence-electron chi connectivity index (χ0n) is 15.0. The summed E-state index contributed by atoms with van der Waals surface area (Å²) in [6.07, 6.45) is 3.01. The van der Waals surface area contributed by atoms with Gasteiger partial charge in [-0.2, -0.15) is 5.10 Å². The van der Waals surface area contributed by atoms with Crippen molar-refractivity contribution >= 4 is 23.3 Å². The number of carbonyl (C=O) groups is 1. The Morgan fingerprint density at radius 2 is 1.79 bits per heavy atom. The number of aromatic nitrogens is 5. The van der Waals surface area contributed by atoms with Crippen molar-refractivity contribution in [2.24, 2.45) is 0 Å². The summed E-state index contributed by atoms with van der Waals surface area (Å²) >= 11 is 6.05. The van der Waals surface area contributed by atoms with E-state index < -0.39 is 0 Å². The summed E-state index contributed by atoms with van der Waals surface area (Å²) < 4.78 is 7.09. The molecule has 1 aliphatic heterocycles. The van der Waals surface area contributed by atoms with Crippen LogP contribution in [0.3, 0.4) is 0 Å². The van der Waals surface area contributed by atoms with Gasteiger partial charge in [0.15, 0.2) is 18.2 Å². The summed E-state index contributed by atoms with van der Waals surface area (Å²) in [5, 5.41) is 13.0. The Morgan fingerprint density at radius 1 is 1.04 bits per heavy atom. The molecular weight excluding hydrogens is 382 g/mol. The molecular formula is C18H18ClN7O2. The van der Waals surface area contributed by atoms with E-state index in [0.29, 0.717) is 42.8 Å². The Balaban J connectivity index is 1.29. The molecule has 1 aromatic carbocycles. The highest BCUT2D eigenvalue weighted by Crippen LogP contribution is 2.23. The van der Waals surface area contributed by atoms with E-state index in [4.69, 9.17) is 16.3 Å². The first-order chi connectivity index (χ1) is 13.7. The second-order valence-corrected chi connectivity index (χ2v) is 6.58. The summed E-state index contributed by atoms with van der Waals surface area (Å²) in [4.78, 5) is 20.2. The van der Waals surface area contributed by atoms with Crippen molar-refractivity contribution in [3.63, 3.8) is 0 Å². The lowest BCUT2D eigenvalue weighted by Gasteiger charge is -2.35. The van der Waals surface area contributed by atoms with Crippen molar-refractivity contribution in [3.05, 3.63) is 54.1 Å². The number of ether oxygens (including phenoxy) is 1. The van der Waals surface area contributed by atoms with Crippen LogP contribution < -0.4 is 9.64 Å². The van der Waals surface area contributed by atoms with E-state index in [1.54, 1.807) is 28.0 Å². The smallest absolute Gasteiger partial charge is 0.260 e. The predicted molar refractivity (Wildman–Crippen MR) is 103 cm³/mol. The molecule has 28 heavy (non-hydrogen) atoms. The normalized spacial score (nSPS) is 14.2. The number of anilines is 1. The summed E-state index contributed by atoms with van der Waals surface area (Å²) in [5.74, 6) is 1.82. The van der Waals surface area contributed by atoms with Gasteiger partial charge in [-0.15, -0.1) is 10.2 Å². The molecule has 1 saturated heterocycles. The molecule has 0 bridgehead atoms. The largest absolute Gasteiger partial charge is 0.482 e. The van der Waals surface area contributed by atoms with Gasteiger partial charge in [0.25, 0.3) is 5.91 Å². The molecule has 0 aliphatic carbocycles. The topological polar surface area (TPSA) is 89.3 Å². The quantitative estimate of drug-likeness (QED) is 0.641. The van der Waals surface area contributed by atoms with Gasteiger partial charge in [-0.1, -0.05) is 23.7 Å². The molecule has 3 aromatic rings. The minimum Gasteiger partial charge on any atom is -0.482 e. The number of amides is 1. The zero-order chi connectivity index (χ0) is 19.3. The first kappa shape index (κ1) is 18.2. The van der Waals surface area contributed by atoms with E-state index in [0.717, 1.165) is 5.82 Å². The van der Waals surface area contributed by atoms with Gasteiger partial charge in [0, 0.05) is 26.2 Å². The van der Waals surface area contributed by atoms with Crippen LogP contribution in [0, 0.1) is 0 Å². The Bertz CT molecular complexity index is 925. The lowest BCUT2D eigenvalue weighted by molar-refractivity contribution is -0.133. The number of halogens is 1. The first-order valence-corrected chi connectivity index (χ1v) is 9.17. The zero-order valence-corrected chi connectivity index (χ0v) is 15.7. The lowest BCUT2D eigenvalue weighted by Crippen LogP contribution is -2.50. The maximum absolute atomic E-state index is 12.4. The highest BCUT2D eigenvalue weighted by Gasteiger charge is 2.22. The third-order valence-electron chi connectivity index (χ3n) is 4.43. The minimum absolute atomic E-state index is 0.0316. The van der Waals surface area contributed by atoms with E-state index in [1.165, 1.54) is 6.33 Å². The number of para-hydroxylation sites is 1. The van der Waals surface area contributed by atoms with Crippen LogP contribution in [0.4, 0.5) is 5.82 Å². The second-order valence-electron chi connectivity index (χ2n) is 6.18. The molecule has 0 saturated carbocycles. The van der Waals surface area contributed by atoms with Crippen LogP contribution >= 0.6 is 11.6 Å². The third kappa shape index (κ3) is 4.04. The van der Waals surface area contributed by atoms with Crippen molar-refractivity contribution in [2.75, 3.05) is 37.7 Å². The summed E-state index contributed by atoms with van der Waals surface area (Å²) in [5.41, 5.74) is 0. The third-order valence-corrected chi connectivity index (χ3v) is 4.75. The average Bonchev–Trinajstić information content (AvgIpc) is 3.28. The first-order valence-electron chi connectivity index (χ1n) is 8.79. The van der Waals surface area contributed by atoms with Gasteiger partial charge >= 0.3 is 0 Å². The van der Waals surface area contributed by atoms with Crippen LogP contribution in [-0.2, 0) is 4.79 Å². The SMILES string of the molecule is O=C(COc1ccccc1Cl)N1CCN(c2ccc(-n3cncn3)nn2)CC1. The van der Waals surface area contributed by atoms with Crippen LogP contribution in [0.5, 0.6) is 5.75 Å². The number of benzene rings is 1. The fraction of sp³-hybridized carbons (Fsp3) is 0.278. The minimum atomic E-state index is -0.0628. The molecule has 144 valence electrons. The Labute approximate surface area is 166 Å². The Morgan fingerprint density at radius 3 is 2.46 bits per heavy atom. The standard InChI is InChI=1S/C18H18ClN7O2/c19-14-3-1-2-4-15(14)28-11-18(27)25-9-7-24(8-10-25)16-5-6-17(23-22-16)26-13-20-12-21-26/h1-6,12-13H,7-11H2. The fourth-order valence-corrected chi connectivity index (χ4v) is 3.10. The van der Waals surface area contributed by atoms with Crippen LogP contribution in [0.15, 0.2) is 49.1 Å². The molecule has 4 rings (SSSR count). The molecule has 0 spiro atoms. The van der Waals surface area contributed by atoms with E-state index in [9.17, 15) is 4.79 Å². The van der Waals surface area contributed by atoms with Gasteiger partial charge < -0.3 is 14.5 Å². The molecule has 1 fully saturated rings.